The number of ether oxygens (including phenoxy) is 3. The lowest BCUT2D eigenvalue weighted by molar-refractivity contribution is -0.232. The molecule has 3 aliphatic rings. The monoisotopic (exact) mass is 1040 g/mol. The fraction of sp³-hybridized carbons (Fsp3) is 0.0588. The van der Waals surface area contributed by atoms with Gasteiger partial charge in [0.1, 0.15) is 23.0 Å². The Kier molecular flexibility index (Phi) is 8.73. The smallest absolute Gasteiger partial charge is 0.334 e. The van der Waals surface area contributed by atoms with Crippen LogP contribution in [0.3, 0.4) is 0 Å². The van der Waals surface area contributed by atoms with Crippen LogP contribution in [0.2, 0.25) is 0 Å². The van der Waals surface area contributed by atoms with E-state index in [1.807, 2.05) is 0 Å². The van der Waals surface area contributed by atoms with Crippen LogP contribution in [0.1, 0.15) is 22.3 Å². The average molecular weight is 1050 g/mol. The topological polar surface area (TPSA) is 143 Å². The van der Waals surface area contributed by atoms with E-state index in [9.17, 15) is 30.0 Å². The molecular formula is C34H16Br6O9. The maximum absolute atomic E-state index is 13.5. The third kappa shape index (κ3) is 5.52. The van der Waals surface area contributed by atoms with Crippen molar-refractivity contribution in [2.75, 3.05) is 0 Å². The lowest BCUT2D eigenvalue weighted by Crippen LogP contribution is -2.41. The molecule has 3 aliphatic heterocycles. The molecule has 9 nitrogen and oxygen atoms in total. The molecule has 0 saturated carbocycles. The van der Waals surface area contributed by atoms with Crippen LogP contribution in [-0.4, -0.2) is 43.9 Å². The maximum atomic E-state index is 13.5. The minimum atomic E-state index is -2.11. The first kappa shape index (κ1) is 34.5. The first-order valence-electron chi connectivity index (χ1n) is 13.9. The molecular weight excluding hydrogens is 1030 g/mol. The molecule has 0 radical (unpaired) electrons. The van der Waals surface area contributed by atoms with Crippen molar-refractivity contribution in [3.63, 3.8) is 0 Å². The van der Waals surface area contributed by atoms with Crippen molar-refractivity contribution in [1.29, 1.82) is 0 Å². The molecule has 3 heterocycles. The van der Waals surface area contributed by atoms with Crippen molar-refractivity contribution in [2.24, 2.45) is 0 Å². The van der Waals surface area contributed by atoms with E-state index in [-0.39, 0.29) is 45.3 Å². The first-order valence-corrected chi connectivity index (χ1v) is 18.6. The fourth-order valence-electron chi connectivity index (χ4n) is 6.02. The van der Waals surface area contributed by atoms with Crippen molar-refractivity contribution in [1.82, 2.24) is 0 Å². The molecule has 0 bridgehead atoms. The Balaban J connectivity index is 1.63. The van der Waals surface area contributed by atoms with Gasteiger partial charge in [-0.05, 0) is 166 Å². The van der Waals surface area contributed by atoms with E-state index in [2.05, 4.69) is 95.6 Å². The molecule has 2 spiro atoms. The number of hydrogen-bond donors (Lipinski definition) is 4. The Morgan fingerprint density at radius 2 is 0.796 bits per heavy atom. The molecule has 0 aliphatic carbocycles. The molecule has 15 heteroatoms. The Labute approximate surface area is 327 Å². The van der Waals surface area contributed by atoms with Gasteiger partial charge in [-0.3, -0.25) is 4.74 Å². The molecule has 7 rings (SSSR count). The lowest BCUT2D eigenvalue weighted by atomic mass is 9.81. The molecule has 0 aromatic heterocycles. The van der Waals surface area contributed by atoms with Gasteiger partial charge in [-0.25, -0.2) is 9.59 Å². The molecule has 2 unspecified atom stereocenters. The van der Waals surface area contributed by atoms with Gasteiger partial charge in [0.25, 0.3) is 11.6 Å². The van der Waals surface area contributed by atoms with Crippen LogP contribution in [-0.2, 0) is 23.8 Å². The summed E-state index contributed by atoms with van der Waals surface area (Å²) in [5.41, 5.74) is 2.42. The lowest BCUT2D eigenvalue weighted by Gasteiger charge is -2.34. The largest absolute Gasteiger partial charge is 0.507 e. The van der Waals surface area contributed by atoms with E-state index in [1.54, 1.807) is 48.5 Å². The molecule has 4 aromatic carbocycles. The third-order valence-electron chi connectivity index (χ3n) is 8.05. The van der Waals surface area contributed by atoms with Crippen molar-refractivity contribution in [2.45, 2.75) is 11.6 Å². The van der Waals surface area contributed by atoms with Gasteiger partial charge in [0, 0.05) is 34.4 Å². The van der Waals surface area contributed by atoms with Crippen molar-refractivity contribution >= 4 is 130 Å². The Morgan fingerprint density at radius 1 is 0.469 bits per heavy atom. The van der Waals surface area contributed by atoms with Crippen LogP contribution in [0.4, 0.5) is 0 Å². The number of carbonyl (C=O) groups excluding carboxylic acids is 2. The molecule has 4 N–H and O–H groups in total. The van der Waals surface area contributed by atoms with E-state index in [0.717, 1.165) is 0 Å². The minimum absolute atomic E-state index is 0.0711. The van der Waals surface area contributed by atoms with Crippen LogP contribution < -0.4 is 0 Å². The summed E-state index contributed by atoms with van der Waals surface area (Å²) in [5, 5.41) is 42.0. The zero-order valence-corrected chi connectivity index (χ0v) is 33.5. The SMILES string of the molecule is O=C1C=C(c2cc(Br)c(O)c(Br)c2)C2(O1)OC1(OC(=O)C=C1c1cc(Br)c(O)c(Br)c1)C(c1ccc(O)c(Br)c1)=C2c1ccc(O)c(Br)c1. The van der Waals surface area contributed by atoms with Gasteiger partial charge in [0.05, 0.1) is 26.8 Å². The van der Waals surface area contributed by atoms with Gasteiger partial charge in [-0.2, -0.15) is 0 Å². The highest BCUT2D eigenvalue weighted by molar-refractivity contribution is 9.11. The summed E-state index contributed by atoms with van der Waals surface area (Å²) in [5.74, 6) is -6.09. The van der Waals surface area contributed by atoms with Crippen LogP contribution >= 0.6 is 95.6 Å². The summed E-state index contributed by atoms with van der Waals surface area (Å²) in [6.07, 6.45) is 2.50. The number of benzene rings is 4. The Morgan fingerprint density at radius 3 is 1.12 bits per heavy atom. The number of aromatic hydroxyl groups is 4. The highest BCUT2D eigenvalue weighted by Crippen LogP contribution is 2.64. The van der Waals surface area contributed by atoms with Crippen LogP contribution in [0.15, 0.2) is 99.7 Å². The van der Waals surface area contributed by atoms with E-state index in [1.165, 1.54) is 24.3 Å². The predicted molar refractivity (Wildman–Crippen MR) is 200 cm³/mol. The van der Waals surface area contributed by atoms with E-state index >= 15 is 0 Å². The Bertz CT molecular complexity index is 2080. The van der Waals surface area contributed by atoms with Crippen molar-refractivity contribution in [3.8, 4) is 23.0 Å². The van der Waals surface area contributed by atoms with Crippen LogP contribution in [0, 0.1) is 0 Å². The third-order valence-corrected chi connectivity index (χ3v) is 11.7. The van der Waals surface area contributed by atoms with E-state index in [0.29, 0.717) is 49.1 Å². The number of hydrogen-bond acceptors (Lipinski definition) is 9. The van der Waals surface area contributed by atoms with Gasteiger partial charge in [-0.1, -0.05) is 12.1 Å². The first-order chi connectivity index (χ1) is 23.1. The highest BCUT2D eigenvalue weighted by atomic mass is 79.9. The number of phenolic OH excluding ortho intramolecular Hbond substituents is 4. The van der Waals surface area contributed by atoms with Gasteiger partial charge in [-0.15, -0.1) is 0 Å². The summed E-state index contributed by atoms with van der Waals surface area (Å²) in [7, 11) is 0. The minimum Gasteiger partial charge on any atom is -0.507 e. The summed E-state index contributed by atoms with van der Waals surface area (Å²) >= 11 is 20.3. The Hall–Kier alpha value is -2.92. The molecule has 4 aromatic rings. The van der Waals surface area contributed by atoms with E-state index in [4.69, 9.17) is 14.2 Å². The van der Waals surface area contributed by atoms with Gasteiger partial charge >= 0.3 is 11.9 Å². The molecule has 0 fully saturated rings. The number of phenols is 4. The van der Waals surface area contributed by atoms with Crippen LogP contribution in [0.25, 0.3) is 22.3 Å². The molecule has 2 atom stereocenters. The summed E-state index contributed by atoms with van der Waals surface area (Å²) in [4.78, 5) is 27.0. The summed E-state index contributed by atoms with van der Waals surface area (Å²) in [6, 6.07) is 15.6. The standard InChI is InChI=1S/C34H16Br6O9/c35-19-5-13(1-3-25(19)41)29-30(14-2-4-26(42)20(36)6-14)34(18(12-28(44)48-34)16-9-23(39)32(46)24(40)10-16)49-33(29)17(11-27(43)47-33)15-7-21(37)31(45)22(38)8-15/h1-12,41-42,45-46H. The second kappa shape index (κ2) is 12.4. The quantitative estimate of drug-likeness (QED) is 0.147. The van der Waals surface area contributed by atoms with Crippen molar-refractivity contribution < 1.29 is 44.2 Å². The molecule has 0 saturated heterocycles. The van der Waals surface area contributed by atoms with Crippen molar-refractivity contribution in [3.05, 3.63) is 122 Å². The van der Waals surface area contributed by atoms with Gasteiger partial charge in [0.2, 0.25) is 0 Å². The second-order valence-electron chi connectivity index (χ2n) is 11.0. The normalized spacial score (nSPS) is 21.4. The summed E-state index contributed by atoms with van der Waals surface area (Å²) in [6.45, 7) is 0. The molecule has 49 heavy (non-hydrogen) atoms. The maximum Gasteiger partial charge on any atom is 0.334 e. The number of rotatable bonds is 4. The van der Waals surface area contributed by atoms with Gasteiger partial charge < -0.3 is 29.9 Å². The number of esters is 2. The van der Waals surface area contributed by atoms with Gasteiger partial charge in [0.15, 0.2) is 0 Å². The fourth-order valence-corrected chi connectivity index (χ4v) is 9.15. The highest BCUT2D eigenvalue weighted by Gasteiger charge is 2.67. The zero-order chi connectivity index (χ0) is 35.2. The number of carbonyl (C=O) groups is 2. The number of halogens is 6. The predicted octanol–water partition coefficient (Wildman–Crippen LogP) is 9.70. The molecule has 248 valence electrons. The van der Waals surface area contributed by atoms with E-state index < -0.39 is 23.5 Å². The second-order valence-corrected chi connectivity index (χ2v) is 16.1. The molecule has 0 amide bonds. The van der Waals surface area contributed by atoms with Crippen LogP contribution in [0.5, 0.6) is 23.0 Å². The summed E-state index contributed by atoms with van der Waals surface area (Å²) < 4.78 is 21.1. The zero-order valence-electron chi connectivity index (χ0n) is 24.0. The average Bonchev–Trinajstić information content (AvgIpc) is 3.65.